The Bertz CT molecular complexity index is 234. The lowest BCUT2D eigenvalue weighted by molar-refractivity contribution is -0.480. The van der Waals surface area contributed by atoms with Crippen LogP contribution in [0, 0.1) is 10.1 Å². The van der Waals surface area contributed by atoms with Gasteiger partial charge in [-0.1, -0.05) is 0 Å². The molecule has 0 spiro atoms. The maximum atomic E-state index is 10.4. The fourth-order valence-corrected chi connectivity index (χ4v) is 0.974. The minimum absolute atomic E-state index is 0.0205. The standard InChI is InChI=1S/C5H11NO5S/c1-12(9,10)11-5-3-2-4-6(7)8/h2-5H2,1H3. The highest BCUT2D eigenvalue weighted by Crippen LogP contribution is 1.93. The van der Waals surface area contributed by atoms with Crippen molar-refractivity contribution in [3.05, 3.63) is 10.1 Å². The molecule has 12 heavy (non-hydrogen) atoms. The van der Waals surface area contributed by atoms with Crippen LogP contribution in [-0.2, 0) is 14.3 Å². The van der Waals surface area contributed by atoms with Crippen molar-refractivity contribution in [2.75, 3.05) is 19.4 Å². The van der Waals surface area contributed by atoms with Gasteiger partial charge in [0.25, 0.3) is 10.1 Å². The number of nitro groups is 1. The van der Waals surface area contributed by atoms with Crippen molar-refractivity contribution >= 4 is 10.1 Å². The van der Waals surface area contributed by atoms with Crippen molar-refractivity contribution in [1.29, 1.82) is 0 Å². The van der Waals surface area contributed by atoms with Crippen LogP contribution in [-0.4, -0.2) is 32.7 Å². The molecule has 72 valence electrons. The molecule has 0 bridgehead atoms. The number of hydrogen-bond donors (Lipinski definition) is 0. The summed E-state index contributed by atoms with van der Waals surface area (Å²) in [7, 11) is -3.39. The van der Waals surface area contributed by atoms with Crippen molar-refractivity contribution in [2.24, 2.45) is 0 Å². The highest BCUT2D eigenvalue weighted by molar-refractivity contribution is 7.85. The van der Waals surface area contributed by atoms with Gasteiger partial charge in [0.15, 0.2) is 0 Å². The van der Waals surface area contributed by atoms with Crippen molar-refractivity contribution < 1.29 is 17.5 Å². The molecule has 0 saturated carbocycles. The average molecular weight is 197 g/mol. The number of unbranched alkanes of at least 4 members (excludes halogenated alkanes) is 1. The summed E-state index contributed by atoms with van der Waals surface area (Å²) >= 11 is 0. The van der Waals surface area contributed by atoms with E-state index in [-0.39, 0.29) is 13.2 Å². The zero-order valence-electron chi connectivity index (χ0n) is 6.73. The third-order valence-electron chi connectivity index (χ3n) is 1.03. The molecule has 0 aliphatic heterocycles. The molecule has 0 aliphatic rings. The highest BCUT2D eigenvalue weighted by Gasteiger charge is 2.02. The minimum atomic E-state index is -3.39. The maximum absolute atomic E-state index is 10.4. The van der Waals surface area contributed by atoms with Crippen LogP contribution in [0.3, 0.4) is 0 Å². The quantitative estimate of drug-likeness (QED) is 0.259. The van der Waals surface area contributed by atoms with Gasteiger partial charge in [-0.15, -0.1) is 0 Å². The first kappa shape index (κ1) is 11.3. The summed E-state index contributed by atoms with van der Waals surface area (Å²) in [5.41, 5.74) is 0. The van der Waals surface area contributed by atoms with E-state index in [4.69, 9.17) is 0 Å². The highest BCUT2D eigenvalue weighted by atomic mass is 32.2. The summed E-state index contributed by atoms with van der Waals surface area (Å²) in [6.45, 7) is -0.125. The lowest BCUT2D eigenvalue weighted by Gasteiger charge is -1.97. The smallest absolute Gasteiger partial charge is 0.264 e. The zero-order valence-corrected chi connectivity index (χ0v) is 7.54. The molecular weight excluding hydrogens is 186 g/mol. The van der Waals surface area contributed by atoms with E-state index in [0.29, 0.717) is 12.8 Å². The maximum Gasteiger partial charge on any atom is 0.264 e. The van der Waals surface area contributed by atoms with Gasteiger partial charge in [0.05, 0.1) is 12.9 Å². The van der Waals surface area contributed by atoms with E-state index in [0.717, 1.165) is 6.26 Å². The van der Waals surface area contributed by atoms with Crippen molar-refractivity contribution in [3.63, 3.8) is 0 Å². The molecule has 0 saturated heterocycles. The van der Waals surface area contributed by atoms with Gasteiger partial charge in [-0.3, -0.25) is 14.3 Å². The summed E-state index contributed by atoms with van der Waals surface area (Å²) in [5, 5.41) is 9.81. The molecule has 0 aromatic rings. The molecule has 0 heterocycles. The molecule has 0 atom stereocenters. The van der Waals surface area contributed by atoms with Crippen LogP contribution in [0.5, 0.6) is 0 Å². The molecule has 7 heteroatoms. The molecule has 0 aliphatic carbocycles. The van der Waals surface area contributed by atoms with E-state index in [1.54, 1.807) is 0 Å². The van der Waals surface area contributed by atoms with E-state index in [1.807, 2.05) is 0 Å². The van der Waals surface area contributed by atoms with E-state index < -0.39 is 15.0 Å². The summed E-state index contributed by atoms with van der Waals surface area (Å²) < 4.78 is 25.1. The first-order valence-corrected chi connectivity index (χ1v) is 5.19. The molecule has 0 N–H and O–H groups in total. The van der Waals surface area contributed by atoms with Crippen molar-refractivity contribution in [1.82, 2.24) is 0 Å². The SMILES string of the molecule is CS(=O)(=O)OCCCC[N+](=O)[O-]. The monoisotopic (exact) mass is 197 g/mol. The van der Waals surface area contributed by atoms with Crippen LogP contribution in [0.15, 0.2) is 0 Å². The van der Waals surface area contributed by atoms with Crippen LogP contribution in [0.2, 0.25) is 0 Å². The van der Waals surface area contributed by atoms with Gasteiger partial charge in [0, 0.05) is 11.3 Å². The van der Waals surface area contributed by atoms with Crippen LogP contribution < -0.4 is 0 Å². The fourth-order valence-electron chi connectivity index (χ4n) is 0.553. The predicted molar refractivity (Wildman–Crippen MR) is 41.9 cm³/mol. The van der Waals surface area contributed by atoms with E-state index in [1.165, 1.54) is 0 Å². The van der Waals surface area contributed by atoms with Gasteiger partial charge in [0.2, 0.25) is 6.54 Å². The Kier molecular flexibility index (Phi) is 4.75. The lowest BCUT2D eigenvalue weighted by atomic mass is 10.3. The first-order chi connectivity index (χ1) is 5.42. The number of rotatable bonds is 6. The third-order valence-corrected chi connectivity index (χ3v) is 1.63. The first-order valence-electron chi connectivity index (χ1n) is 3.38. The number of hydrogen-bond acceptors (Lipinski definition) is 5. The predicted octanol–water partition coefficient (Wildman–Crippen LogP) is 0.0195. The minimum Gasteiger partial charge on any atom is -0.270 e. The zero-order chi connectivity index (χ0) is 9.61. The third kappa shape index (κ3) is 9.31. The van der Waals surface area contributed by atoms with Gasteiger partial charge >= 0.3 is 0 Å². The topological polar surface area (TPSA) is 86.5 Å². The van der Waals surface area contributed by atoms with E-state index in [2.05, 4.69) is 4.18 Å². The average Bonchev–Trinajstić information content (AvgIpc) is 1.83. The lowest BCUT2D eigenvalue weighted by Crippen LogP contribution is -2.06. The molecular formula is C5H11NO5S. The van der Waals surface area contributed by atoms with Gasteiger partial charge < -0.3 is 0 Å². The Balaban J connectivity index is 3.29. The van der Waals surface area contributed by atoms with Crippen LogP contribution in [0.4, 0.5) is 0 Å². The van der Waals surface area contributed by atoms with Gasteiger partial charge in [-0.2, -0.15) is 8.42 Å². The second-order valence-corrected chi connectivity index (χ2v) is 3.93. The van der Waals surface area contributed by atoms with Crippen LogP contribution >= 0.6 is 0 Å². The molecule has 0 amide bonds. The van der Waals surface area contributed by atoms with E-state index in [9.17, 15) is 18.5 Å². The molecule has 0 aromatic heterocycles. The largest absolute Gasteiger partial charge is 0.270 e. The molecule has 6 nitrogen and oxygen atoms in total. The Morgan fingerprint density at radius 3 is 2.42 bits per heavy atom. The Hall–Kier alpha value is -0.690. The van der Waals surface area contributed by atoms with Gasteiger partial charge in [-0.05, 0) is 6.42 Å². The Morgan fingerprint density at radius 1 is 1.42 bits per heavy atom. The van der Waals surface area contributed by atoms with E-state index >= 15 is 0 Å². The molecule has 0 unspecified atom stereocenters. The molecule has 0 fully saturated rings. The van der Waals surface area contributed by atoms with Crippen LogP contribution in [0.1, 0.15) is 12.8 Å². The second kappa shape index (κ2) is 5.04. The van der Waals surface area contributed by atoms with Gasteiger partial charge in [-0.25, -0.2) is 0 Å². The summed E-state index contributed by atoms with van der Waals surface area (Å²) in [6, 6.07) is 0. The second-order valence-electron chi connectivity index (χ2n) is 2.29. The Morgan fingerprint density at radius 2 is 2.00 bits per heavy atom. The van der Waals surface area contributed by atoms with Gasteiger partial charge in [0.1, 0.15) is 0 Å². The number of nitrogens with zero attached hydrogens (tertiary/aromatic N) is 1. The summed E-state index contributed by atoms with van der Waals surface area (Å²) in [6.07, 6.45) is 1.66. The normalized spacial score (nSPS) is 11.4. The Labute approximate surface area is 70.8 Å². The molecule has 0 radical (unpaired) electrons. The molecule has 0 rings (SSSR count). The summed E-state index contributed by atoms with van der Waals surface area (Å²) in [4.78, 5) is 9.36. The van der Waals surface area contributed by atoms with Crippen molar-refractivity contribution in [2.45, 2.75) is 12.8 Å². The fraction of sp³-hybridized carbons (Fsp3) is 1.00. The van der Waals surface area contributed by atoms with Crippen molar-refractivity contribution in [3.8, 4) is 0 Å². The molecule has 0 aromatic carbocycles. The summed E-state index contributed by atoms with van der Waals surface area (Å²) in [5.74, 6) is 0. The van der Waals surface area contributed by atoms with Crippen LogP contribution in [0.25, 0.3) is 0 Å².